The second-order valence-corrected chi connectivity index (χ2v) is 7.13. The van der Waals surface area contributed by atoms with Gasteiger partial charge in [0.15, 0.2) is 6.61 Å². The number of anilines is 2. The van der Waals surface area contributed by atoms with E-state index in [0.29, 0.717) is 22.7 Å². The molecule has 33 heavy (non-hydrogen) atoms. The topological polar surface area (TPSA) is 106 Å². The number of amides is 3. The Morgan fingerprint density at radius 2 is 1.55 bits per heavy atom. The molecule has 0 heterocycles. The van der Waals surface area contributed by atoms with Gasteiger partial charge in [-0.05, 0) is 48.9 Å². The summed E-state index contributed by atoms with van der Waals surface area (Å²) in [5, 5.41) is 7.98. The third-order valence-corrected chi connectivity index (χ3v) is 4.60. The van der Waals surface area contributed by atoms with Crippen molar-refractivity contribution in [3.05, 3.63) is 83.9 Å². The number of hydrogen-bond acceptors (Lipinski definition) is 5. The molecule has 8 heteroatoms. The van der Waals surface area contributed by atoms with Crippen LogP contribution in [-0.4, -0.2) is 38.0 Å². The Hall–Kier alpha value is -4.33. The SMILES string of the molecule is COc1ccc(C)cc1NC(=O)CNC(=O)COc1ccccc1C(=O)Nc1ccccc1. The average Bonchev–Trinajstić information content (AvgIpc) is 2.82. The van der Waals surface area contributed by atoms with Gasteiger partial charge in [0, 0.05) is 5.69 Å². The Morgan fingerprint density at radius 3 is 2.30 bits per heavy atom. The molecule has 0 unspecified atom stereocenters. The van der Waals surface area contributed by atoms with Gasteiger partial charge in [-0.3, -0.25) is 14.4 Å². The fourth-order valence-electron chi connectivity index (χ4n) is 2.99. The number of aryl methyl sites for hydroxylation is 1. The van der Waals surface area contributed by atoms with Gasteiger partial charge in [0.2, 0.25) is 5.91 Å². The van der Waals surface area contributed by atoms with Gasteiger partial charge in [0.05, 0.1) is 24.9 Å². The smallest absolute Gasteiger partial charge is 0.259 e. The van der Waals surface area contributed by atoms with Crippen LogP contribution in [0.4, 0.5) is 11.4 Å². The summed E-state index contributed by atoms with van der Waals surface area (Å²) in [7, 11) is 1.51. The fraction of sp³-hybridized carbons (Fsp3) is 0.160. The fourth-order valence-corrected chi connectivity index (χ4v) is 2.99. The van der Waals surface area contributed by atoms with E-state index in [1.54, 1.807) is 48.5 Å². The van der Waals surface area contributed by atoms with Crippen LogP contribution < -0.4 is 25.4 Å². The van der Waals surface area contributed by atoms with Gasteiger partial charge in [0.25, 0.3) is 11.8 Å². The first-order valence-electron chi connectivity index (χ1n) is 10.3. The van der Waals surface area contributed by atoms with Crippen molar-refractivity contribution in [2.45, 2.75) is 6.92 Å². The van der Waals surface area contributed by atoms with Gasteiger partial charge in [-0.25, -0.2) is 0 Å². The summed E-state index contributed by atoms with van der Waals surface area (Å²) >= 11 is 0. The van der Waals surface area contributed by atoms with Crippen molar-refractivity contribution in [1.82, 2.24) is 5.32 Å². The van der Waals surface area contributed by atoms with Gasteiger partial charge in [-0.15, -0.1) is 0 Å². The van der Waals surface area contributed by atoms with Crippen LogP contribution in [0.25, 0.3) is 0 Å². The molecule has 0 aliphatic rings. The number of carbonyl (C=O) groups excluding carboxylic acids is 3. The quantitative estimate of drug-likeness (QED) is 0.466. The minimum atomic E-state index is -0.500. The van der Waals surface area contributed by atoms with Crippen molar-refractivity contribution in [1.29, 1.82) is 0 Å². The summed E-state index contributed by atoms with van der Waals surface area (Å²) in [6, 6.07) is 21.0. The van der Waals surface area contributed by atoms with Crippen LogP contribution in [-0.2, 0) is 9.59 Å². The van der Waals surface area contributed by atoms with E-state index in [1.165, 1.54) is 7.11 Å². The molecule has 8 nitrogen and oxygen atoms in total. The first-order valence-corrected chi connectivity index (χ1v) is 10.3. The highest BCUT2D eigenvalue weighted by molar-refractivity contribution is 6.06. The maximum Gasteiger partial charge on any atom is 0.259 e. The second kappa shape index (κ2) is 11.3. The number of benzene rings is 3. The van der Waals surface area contributed by atoms with E-state index >= 15 is 0 Å². The molecule has 0 spiro atoms. The lowest BCUT2D eigenvalue weighted by Crippen LogP contribution is -2.36. The molecule has 0 bridgehead atoms. The highest BCUT2D eigenvalue weighted by Gasteiger charge is 2.14. The normalized spacial score (nSPS) is 10.1. The van der Waals surface area contributed by atoms with E-state index in [1.807, 2.05) is 31.2 Å². The maximum absolute atomic E-state index is 12.6. The molecular weight excluding hydrogens is 422 g/mol. The summed E-state index contributed by atoms with van der Waals surface area (Å²) < 4.78 is 10.8. The van der Waals surface area contributed by atoms with E-state index in [-0.39, 0.29) is 24.8 Å². The molecular formula is C25H25N3O5. The number of hydrogen-bond donors (Lipinski definition) is 3. The maximum atomic E-state index is 12.6. The number of carbonyl (C=O) groups is 3. The molecule has 3 aromatic carbocycles. The van der Waals surface area contributed by atoms with Gasteiger partial charge < -0.3 is 25.4 Å². The van der Waals surface area contributed by atoms with Crippen molar-refractivity contribution >= 4 is 29.1 Å². The summed E-state index contributed by atoms with van der Waals surface area (Å²) in [6.45, 7) is 1.30. The van der Waals surface area contributed by atoms with Crippen LogP contribution in [0, 0.1) is 6.92 Å². The monoisotopic (exact) mass is 447 g/mol. The van der Waals surface area contributed by atoms with Crippen LogP contribution in [0.1, 0.15) is 15.9 Å². The van der Waals surface area contributed by atoms with Crippen molar-refractivity contribution < 1.29 is 23.9 Å². The van der Waals surface area contributed by atoms with E-state index in [4.69, 9.17) is 9.47 Å². The number of rotatable bonds is 9. The van der Waals surface area contributed by atoms with Crippen LogP contribution >= 0.6 is 0 Å². The van der Waals surface area contributed by atoms with Gasteiger partial charge in [-0.2, -0.15) is 0 Å². The summed E-state index contributed by atoms with van der Waals surface area (Å²) in [4.78, 5) is 37.0. The zero-order chi connectivity index (χ0) is 23.6. The highest BCUT2D eigenvalue weighted by atomic mass is 16.5. The van der Waals surface area contributed by atoms with Crippen LogP contribution in [0.3, 0.4) is 0 Å². The largest absolute Gasteiger partial charge is 0.495 e. The van der Waals surface area contributed by atoms with Crippen LogP contribution in [0.15, 0.2) is 72.8 Å². The summed E-state index contributed by atoms with van der Waals surface area (Å²) in [6.07, 6.45) is 0. The van der Waals surface area contributed by atoms with Gasteiger partial charge >= 0.3 is 0 Å². The third-order valence-electron chi connectivity index (χ3n) is 4.60. The predicted molar refractivity (Wildman–Crippen MR) is 126 cm³/mol. The summed E-state index contributed by atoms with van der Waals surface area (Å²) in [5.41, 5.74) is 2.41. The minimum absolute atomic E-state index is 0.241. The van der Waals surface area contributed by atoms with Crippen LogP contribution in [0.5, 0.6) is 11.5 Å². The Balaban J connectivity index is 1.51. The molecule has 0 atom stereocenters. The third kappa shape index (κ3) is 6.83. The second-order valence-electron chi connectivity index (χ2n) is 7.13. The van der Waals surface area contributed by atoms with Crippen LogP contribution in [0.2, 0.25) is 0 Å². The number of para-hydroxylation sites is 2. The standard InChI is InChI=1S/C25H25N3O5/c1-17-12-13-22(32-2)20(14-17)28-23(29)15-26-24(30)16-33-21-11-7-6-10-19(21)25(31)27-18-8-4-3-5-9-18/h3-14H,15-16H2,1-2H3,(H,26,30)(H,27,31)(H,28,29). The molecule has 3 rings (SSSR count). The molecule has 3 amide bonds. The zero-order valence-corrected chi connectivity index (χ0v) is 18.4. The molecule has 3 aromatic rings. The number of nitrogens with one attached hydrogen (secondary N) is 3. The molecule has 0 aliphatic heterocycles. The number of ether oxygens (including phenoxy) is 2. The van der Waals surface area contributed by atoms with E-state index in [2.05, 4.69) is 16.0 Å². The predicted octanol–water partition coefficient (Wildman–Crippen LogP) is 3.39. The van der Waals surface area contributed by atoms with Crippen molar-refractivity contribution in [3.8, 4) is 11.5 Å². The Bertz CT molecular complexity index is 1130. The first kappa shape index (κ1) is 23.3. The highest BCUT2D eigenvalue weighted by Crippen LogP contribution is 2.25. The van der Waals surface area contributed by atoms with Gasteiger partial charge in [0.1, 0.15) is 11.5 Å². The molecule has 0 aliphatic carbocycles. The Labute approximate surface area is 191 Å². The lowest BCUT2D eigenvalue weighted by molar-refractivity contribution is -0.125. The van der Waals surface area contributed by atoms with Crippen molar-refractivity contribution in [2.75, 3.05) is 30.9 Å². The average molecular weight is 447 g/mol. The minimum Gasteiger partial charge on any atom is -0.495 e. The van der Waals surface area contributed by atoms with Gasteiger partial charge in [-0.1, -0.05) is 36.4 Å². The van der Waals surface area contributed by atoms with E-state index in [9.17, 15) is 14.4 Å². The van der Waals surface area contributed by atoms with Crippen molar-refractivity contribution in [3.63, 3.8) is 0 Å². The van der Waals surface area contributed by atoms with E-state index in [0.717, 1.165) is 5.56 Å². The molecule has 0 saturated carbocycles. The van der Waals surface area contributed by atoms with Crippen molar-refractivity contribution in [2.24, 2.45) is 0 Å². The molecule has 0 aromatic heterocycles. The lowest BCUT2D eigenvalue weighted by Gasteiger charge is -2.13. The molecule has 3 N–H and O–H groups in total. The number of methoxy groups -OCH3 is 1. The first-order chi connectivity index (χ1) is 16.0. The Morgan fingerprint density at radius 1 is 0.818 bits per heavy atom. The van der Waals surface area contributed by atoms with E-state index < -0.39 is 11.8 Å². The molecule has 170 valence electrons. The molecule has 0 saturated heterocycles. The molecule has 0 radical (unpaired) electrons. The Kier molecular flexibility index (Phi) is 8.02. The zero-order valence-electron chi connectivity index (χ0n) is 18.4. The molecule has 0 fully saturated rings. The lowest BCUT2D eigenvalue weighted by atomic mass is 10.2. The summed E-state index contributed by atoms with van der Waals surface area (Å²) in [5.74, 6) is -0.484.